The molecule has 2 rings (SSSR count). The lowest BCUT2D eigenvalue weighted by Crippen LogP contribution is -2.39. The standard InChI is InChI=1S/C17H16F4N2O3S/c1-2-9-23(27(25,26)14-6-4-3-5-11(14)18)10-15(24)22-13-8-7-12(19)16(20)17(13)21/h3-8H,2,9-10H2,1H3,(H,22,24). The van der Waals surface area contributed by atoms with Crippen molar-refractivity contribution in [2.45, 2.75) is 18.2 Å². The summed E-state index contributed by atoms with van der Waals surface area (Å²) in [6, 6.07) is 6.09. The van der Waals surface area contributed by atoms with Gasteiger partial charge in [0.1, 0.15) is 10.7 Å². The maximum absolute atomic E-state index is 13.9. The summed E-state index contributed by atoms with van der Waals surface area (Å²) < 4.78 is 79.6. The van der Waals surface area contributed by atoms with E-state index in [1.807, 2.05) is 5.32 Å². The number of carbonyl (C=O) groups excluding carboxylic acids is 1. The molecule has 0 aliphatic rings. The molecule has 2 aromatic carbocycles. The number of hydrogen-bond acceptors (Lipinski definition) is 3. The molecule has 0 saturated carbocycles. The van der Waals surface area contributed by atoms with Crippen LogP contribution in [0.15, 0.2) is 41.3 Å². The van der Waals surface area contributed by atoms with Crippen LogP contribution in [0.4, 0.5) is 23.2 Å². The summed E-state index contributed by atoms with van der Waals surface area (Å²) in [4.78, 5) is 11.5. The van der Waals surface area contributed by atoms with Gasteiger partial charge in [0.2, 0.25) is 15.9 Å². The van der Waals surface area contributed by atoms with Crippen molar-refractivity contribution in [3.05, 3.63) is 59.7 Å². The average molecular weight is 404 g/mol. The van der Waals surface area contributed by atoms with E-state index in [0.29, 0.717) is 12.5 Å². The monoisotopic (exact) mass is 404 g/mol. The largest absolute Gasteiger partial charge is 0.322 e. The minimum absolute atomic E-state index is 0.107. The number of anilines is 1. The third-order valence-corrected chi connectivity index (χ3v) is 5.44. The molecule has 0 unspecified atom stereocenters. The molecule has 0 heterocycles. The number of nitrogens with zero attached hydrogens (tertiary/aromatic N) is 1. The molecule has 0 aliphatic carbocycles. The molecule has 5 nitrogen and oxygen atoms in total. The fourth-order valence-electron chi connectivity index (χ4n) is 2.30. The molecular weight excluding hydrogens is 388 g/mol. The lowest BCUT2D eigenvalue weighted by atomic mass is 10.2. The lowest BCUT2D eigenvalue weighted by molar-refractivity contribution is -0.116. The molecule has 0 bridgehead atoms. The van der Waals surface area contributed by atoms with Gasteiger partial charge in [0.05, 0.1) is 12.2 Å². The average Bonchev–Trinajstić information content (AvgIpc) is 2.62. The van der Waals surface area contributed by atoms with E-state index in [1.165, 1.54) is 12.1 Å². The van der Waals surface area contributed by atoms with Crippen molar-refractivity contribution in [1.82, 2.24) is 4.31 Å². The lowest BCUT2D eigenvalue weighted by Gasteiger charge is -2.21. The summed E-state index contributed by atoms with van der Waals surface area (Å²) in [7, 11) is -4.34. The van der Waals surface area contributed by atoms with Crippen molar-refractivity contribution in [3.8, 4) is 0 Å². The molecule has 0 atom stereocenters. The van der Waals surface area contributed by atoms with Gasteiger partial charge in [0.25, 0.3) is 0 Å². The normalized spacial score (nSPS) is 11.6. The molecular formula is C17H16F4N2O3S. The second-order valence-corrected chi connectivity index (χ2v) is 7.45. The van der Waals surface area contributed by atoms with E-state index in [-0.39, 0.29) is 6.54 Å². The van der Waals surface area contributed by atoms with Gasteiger partial charge < -0.3 is 5.32 Å². The zero-order valence-corrected chi connectivity index (χ0v) is 15.0. The van der Waals surface area contributed by atoms with Crippen molar-refractivity contribution >= 4 is 21.6 Å². The van der Waals surface area contributed by atoms with E-state index < -0.39 is 56.3 Å². The highest BCUT2D eigenvalue weighted by molar-refractivity contribution is 7.89. The molecule has 0 radical (unpaired) electrons. The van der Waals surface area contributed by atoms with Crippen LogP contribution in [-0.4, -0.2) is 31.7 Å². The zero-order valence-electron chi connectivity index (χ0n) is 14.2. The maximum atomic E-state index is 13.9. The van der Waals surface area contributed by atoms with Crippen molar-refractivity contribution in [1.29, 1.82) is 0 Å². The Kier molecular flexibility index (Phi) is 6.55. The number of amides is 1. The number of hydrogen-bond donors (Lipinski definition) is 1. The maximum Gasteiger partial charge on any atom is 0.246 e. The van der Waals surface area contributed by atoms with Crippen molar-refractivity contribution in [2.24, 2.45) is 0 Å². The molecule has 0 fully saturated rings. The Morgan fingerprint density at radius 2 is 1.67 bits per heavy atom. The summed E-state index contributed by atoms with van der Waals surface area (Å²) in [5.74, 6) is -6.78. The molecule has 0 aromatic heterocycles. The van der Waals surface area contributed by atoms with Crippen LogP contribution in [0.3, 0.4) is 0 Å². The van der Waals surface area contributed by atoms with Gasteiger partial charge in [-0.3, -0.25) is 4.79 Å². The number of rotatable bonds is 7. The van der Waals surface area contributed by atoms with Crippen LogP contribution in [0, 0.1) is 23.3 Å². The van der Waals surface area contributed by atoms with Crippen LogP contribution in [0.1, 0.15) is 13.3 Å². The van der Waals surface area contributed by atoms with Crippen LogP contribution < -0.4 is 5.32 Å². The summed E-state index contributed by atoms with van der Waals surface area (Å²) in [6.07, 6.45) is 0.320. The Hall–Kier alpha value is -2.46. The Morgan fingerprint density at radius 3 is 2.30 bits per heavy atom. The predicted molar refractivity (Wildman–Crippen MR) is 90.4 cm³/mol. The van der Waals surface area contributed by atoms with Gasteiger partial charge in [-0.15, -0.1) is 0 Å². The number of benzene rings is 2. The van der Waals surface area contributed by atoms with Gasteiger partial charge in [-0.05, 0) is 30.7 Å². The fraction of sp³-hybridized carbons (Fsp3) is 0.235. The van der Waals surface area contributed by atoms with Gasteiger partial charge in [0.15, 0.2) is 17.5 Å². The summed E-state index contributed by atoms with van der Waals surface area (Å²) >= 11 is 0. The third-order valence-electron chi connectivity index (χ3n) is 3.56. The Morgan fingerprint density at radius 1 is 1.00 bits per heavy atom. The third kappa shape index (κ3) is 4.64. The first kappa shape index (κ1) is 20.8. The molecule has 2 aromatic rings. The van der Waals surface area contributed by atoms with Crippen LogP contribution >= 0.6 is 0 Å². The molecule has 0 spiro atoms. The molecule has 10 heteroatoms. The smallest absolute Gasteiger partial charge is 0.246 e. The Bertz CT molecular complexity index is 951. The first-order valence-electron chi connectivity index (χ1n) is 7.86. The molecule has 27 heavy (non-hydrogen) atoms. The first-order valence-corrected chi connectivity index (χ1v) is 9.30. The van der Waals surface area contributed by atoms with Crippen molar-refractivity contribution in [3.63, 3.8) is 0 Å². The van der Waals surface area contributed by atoms with Crippen LogP contribution in [0.5, 0.6) is 0 Å². The Labute approximate surface area is 153 Å². The highest BCUT2D eigenvalue weighted by Gasteiger charge is 2.29. The second kappa shape index (κ2) is 8.49. The quantitative estimate of drug-likeness (QED) is 0.569. The SMILES string of the molecule is CCCN(CC(=O)Nc1ccc(F)c(F)c1F)S(=O)(=O)c1ccccc1F. The molecule has 1 N–H and O–H groups in total. The molecule has 0 aliphatic heterocycles. The minimum atomic E-state index is -4.34. The first-order chi connectivity index (χ1) is 12.7. The number of halogens is 4. The summed E-state index contributed by atoms with van der Waals surface area (Å²) in [5, 5.41) is 1.98. The number of carbonyl (C=O) groups is 1. The van der Waals surface area contributed by atoms with E-state index in [4.69, 9.17) is 0 Å². The fourth-order valence-corrected chi connectivity index (χ4v) is 3.85. The van der Waals surface area contributed by atoms with E-state index >= 15 is 0 Å². The van der Waals surface area contributed by atoms with Gasteiger partial charge in [0, 0.05) is 6.54 Å². The van der Waals surface area contributed by atoms with E-state index in [0.717, 1.165) is 22.5 Å². The predicted octanol–water partition coefficient (Wildman–Crippen LogP) is 3.28. The van der Waals surface area contributed by atoms with Gasteiger partial charge in [-0.2, -0.15) is 4.31 Å². The number of sulfonamides is 1. The number of nitrogens with one attached hydrogen (secondary N) is 1. The van der Waals surface area contributed by atoms with E-state index in [9.17, 15) is 30.8 Å². The van der Waals surface area contributed by atoms with Crippen molar-refractivity contribution in [2.75, 3.05) is 18.4 Å². The van der Waals surface area contributed by atoms with Gasteiger partial charge in [-0.1, -0.05) is 19.1 Å². The minimum Gasteiger partial charge on any atom is -0.322 e. The highest BCUT2D eigenvalue weighted by atomic mass is 32.2. The van der Waals surface area contributed by atoms with Gasteiger partial charge >= 0.3 is 0 Å². The van der Waals surface area contributed by atoms with Crippen LogP contribution in [0.25, 0.3) is 0 Å². The van der Waals surface area contributed by atoms with E-state index in [2.05, 4.69) is 0 Å². The second-order valence-electron chi connectivity index (χ2n) is 5.54. The summed E-state index contributed by atoms with van der Waals surface area (Å²) in [5.41, 5.74) is -0.640. The van der Waals surface area contributed by atoms with Crippen LogP contribution in [0.2, 0.25) is 0 Å². The molecule has 146 valence electrons. The Balaban J connectivity index is 2.25. The van der Waals surface area contributed by atoms with Crippen molar-refractivity contribution < 1.29 is 30.8 Å². The molecule has 0 saturated heterocycles. The molecule has 1 amide bonds. The highest BCUT2D eigenvalue weighted by Crippen LogP contribution is 2.21. The summed E-state index contributed by atoms with van der Waals surface area (Å²) in [6.45, 7) is 0.782. The van der Waals surface area contributed by atoms with Gasteiger partial charge in [-0.25, -0.2) is 26.0 Å². The van der Waals surface area contributed by atoms with Crippen LogP contribution in [-0.2, 0) is 14.8 Å². The van der Waals surface area contributed by atoms with E-state index in [1.54, 1.807) is 6.92 Å². The zero-order chi connectivity index (χ0) is 20.2. The topological polar surface area (TPSA) is 66.5 Å².